The lowest BCUT2D eigenvalue weighted by Gasteiger charge is -2.18. The zero-order valence-corrected chi connectivity index (χ0v) is 15.0. The predicted molar refractivity (Wildman–Crippen MR) is 98.0 cm³/mol. The second-order valence-corrected chi connectivity index (χ2v) is 6.44. The molecule has 0 fully saturated rings. The number of fused-ring (bicyclic) bond motifs is 1. The molecular weight excluding hydrogens is 347 g/mol. The Labute approximate surface area is 150 Å². The molecule has 0 spiro atoms. The fourth-order valence-electron chi connectivity index (χ4n) is 2.20. The fraction of sp³-hybridized carbons (Fsp3) is 0.250. The first-order valence-electron chi connectivity index (χ1n) is 7.25. The first-order valence-corrected chi connectivity index (χ1v) is 8.01. The summed E-state index contributed by atoms with van der Waals surface area (Å²) >= 11 is 12.1. The van der Waals surface area contributed by atoms with Crippen molar-refractivity contribution in [2.45, 2.75) is 6.54 Å². The summed E-state index contributed by atoms with van der Waals surface area (Å²) in [6, 6.07) is 3.43. The Bertz CT molecular complexity index is 866. The van der Waals surface area contributed by atoms with Crippen molar-refractivity contribution in [2.75, 3.05) is 30.9 Å². The highest BCUT2D eigenvalue weighted by Gasteiger charge is 2.09. The molecule has 124 valence electrons. The smallest absolute Gasteiger partial charge is 0.224 e. The molecule has 0 aliphatic heterocycles. The molecule has 1 aromatic carbocycles. The Morgan fingerprint density at radius 3 is 2.12 bits per heavy atom. The van der Waals surface area contributed by atoms with Gasteiger partial charge in [-0.15, -0.1) is 0 Å². The van der Waals surface area contributed by atoms with Crippen LogP contribution in [-0.2, 0) is 6.54 Å². The van der Waals surface area contributed by atoms with E-state index in [0.717, 1.165) is 11.4 Å². The lowest BCUT2D eigenvalue weighted by molar-refractivity contribution is 0.874. The topological polar surface area (TPSA) is 58.0 Å². The number of rotatable bonds is 4. The number of aromatic nitrogens is 4. The third kappa shape index (κ3) is 3.49. The van der Waals surface area contributed by atoms with E-state index in [-0.39, 0.29) is 0 Å². The van der Waals surface area contributed by atoms with E-state index in [4.69, 9.17) is 23.2 Å². The van der Waals surface area contributed by atoms with Gasteiger partial charge in [-0.05, 0) is 12.1 Å². The molecule has 0 N–H and O–H groups in total. The standard InChI is InChI=1S/C16H16Cl2N6/c1-23(2)16-20-6-10(7-21-16)9-24(3)15-8-19-13-4-11(17)12(18)5-14(13)22-15/h4-8H,9H2,1-3H3. The Morgan fingerprint density at radius 2 is 1.50 bits per heavy atom. The average molecular weight is 363 g/mol. The zero-order chi connectivity index (χ0) is 17.3. The van der Waals surface area contributed by atoms with E-state index in [1.165, 1.54) is 0 Å². The highest BCUT2D eigenvalue weighted by molar-refractivity contribution is 6.42. The van der Waals surface area contributed by atoms with E-state index in [1.807, 2.05) is 43.3 Å². The lowest BCUT2D eigenvalue weighted by Crippen LogP contribution is -2.19. The summed E-state index contributed by atoms with van der Waals surface area (Å²) in [5, 5.41) is 0.934. The number of nitrogens with zero attached hydrogens (tertiary/aromatic N) is 6. The summed E-state index contributed by atoms with van der Waals surface area (Å²) in [6.07, 6.45) is 5.33. The van der Waals surface area contributed by atoms with E-state index < -0.39 is 0 Å². The van der Waals surface area contributed by atoms with Gasteiger partial charge in [0.05, 0.1) is 27.3 Å². The van der Waals surface area contributed by atoms with Crippen LogP contribution in [0, 0.1) is 0 Å². The van der Waals surface area contributed by atoms with Crippen molar-refractivity contribution in [2.24, 2.45) is 0 Å². The van der Waals surface area contributed by atoms with Gasteiger partial charge in [0.15, 0.2) is 0 Å². The van der Waals surface area contributed by atoms with E-state index in [0.29, 0.717) is 33.6 Å². The van der Waals surface area contributed by atoms with Crippen LogP contribution in [0.4, 0.5) is 11.8 Å². The molecule has 2 heterocycles. The van der Waals surface area contributed by atoms with Crippen LogP contribution in [0.1, 0.15) is 5.56 Å². The van der Waals surface area contributed by atoms with Crippen LogP contribution in [0.2, 0.25) is 10.0 Å². The molecule has 0 aliphatic carbocycles. The molecule has 6 nitrogen and oxygen atoms in total. The molecule has 3 rings (SSSR count). The van der Waals surface area contributed by atoms with E-state index in [9.17, 15) is 0 Å². The maximum Gasteiger partial charge on any atom is 0.224 e. The van der Waals surface area contributed by atoms with Gasteiger partial charge in [0.1, 0.15) is 5.82 Å². The van der Waals surface area contributed by atoms with Crippen LogP contribution in [0.5, 0.6) is 0 Å². The summed E-state index contributed by atoms with van der Waals surface area (Å²) in [7, 11) is 5.75. The van der Waals surface area contributed by atoms with Gasteiger partial charge in [-0.2, -0.15) is 0 Å². The molecule has 0 bridgehead atoms. The summed E-state index contributed by atoms with van der Waals surface area (Å²) < 4.78 is 0. The Kier molecular flexibility index (Phi) is 4.69. The van der Waals surface area contributed by atoms with E-state index in [2.05, 4.69) is 19.9 Å². The van der Waals surface area contributed by atoms with Crippen LogP contribution in [0.15, 0.2) is 30.7 Å². The van der Waals surface area contributed by atoms with Crippen LogP contribution in [-0.4, -0.2) is 41.1 Å². The summed E-state index contributed by atoms with van der Waals surface area (Å²) in [6.45, 7) is 0.620. The van der Waals surface area contributed by atoms with Gasteiger partial charge in [0.2, 0.25) is 5.95 Å². The second-order valence-electron chi connectivity index (χ2n) is 5.63. The predicted octanol–water partition coefficient (Wildman–Crippen LogP) is 3.43. The van der Waals surface area contributed by atoms with Crippen LogP contribution in [0.3, 0.4) is 0 Å². The van der Waals surface area contributed by atoms with Crippen molar-refractivity contribution in [1.82, 2.24) is 19.9 Å². The minimum atomic E-state index is 0.464. The number of hydrogen-bond acceptors (Lipinski definition) is 6. The van der Waals surface area contributed by atoms with E-state index >= 15 is 0 Å². The quantitative estimate of drug-likeness (QED) is 0.708. The van der Waals surface area contributed by atoms with E-state index in [1.54, 1.807) is 18.3 Å². The molecule has 8 heteroatoms. The zero-order valence-electron chi connectivity index (χ0n) is 13.5. The van der Waals surface area contributed by atoms with Gasteiger partial charge >= 0.3 is 0 Å². The molecule has 0 saturated heterocycles. The SMILES string of the molecule is CN(C)c1ncc(CN(C)c2cnc3cc(Cl)c(Cl)cc3n2)cn1. The molecule has 3 aromatic rings. The molecule has 24 heavy (non-hydrogen) atoms. The highest BCUT2D eigenvalue weighted by Crippen LogP contribution is 2.27. The fourth-order valence-corrected chi connectivity index (χ4v) is 2.51. The number of hydrogen-bond donors (Lipinski definition) is 0. The summed E-state index contributed by atoms with van der Waals surface area (Å²) in [4.78, 5) is 21.5. The monoisotopic (exact) mass is 362 g/mol. The number of anilines is 2. The number of halogens is 2. The summed E-state index contributed by atoms with van der Waals surface area (Å²) in [5.41, 5.74) is 2.40. The Balaban J connectivity index is 1.82. The average Bonchev–Trinajstić information content (AvgIpc) is 2.56. The molecule has 0 saturated carbocycles. The summed E-state index contributed by atoms with van der Waals surface area (Å²) in [5.74, 6) is 1.41. The van der Waals surface area contributed by atoms with Gasteiger partial charge in [-0.3, -0.25) is 4.98 Å². The molecule has 0 aliphatic rings. The molecular formula is C16H16Cl2N6. The third-order valence-electron chi connectivity index (χ3n) is 3.47. The van der Waals surface area contributed by atoms with Crippen molar-refractivity contribution in [3.8, 4) is 0 Å². The largest absolute Gasteiger partial charge is 0.354 e. The van der Waals surface area contributed by atoms with Gasteiger partial charge in [-0.25, -0.2) is 15.0 Å². The van der Waals surface area contributed by atoms with Crippen molar-refractivity contribution in [3.05, 3.63) is 46.3 Å². The number of benzene rings is 1. The lowest BCUT2D eigenvalue weighted by atomic mass is 10.3. The second kappa shape index (κ2) is 6.75. The van der Waals surface area contributed by atoms with Crippen LogP contribution >= 0.6 is 23.2 Å². The van der Waals surface area contributed by atoms with Gasteiger partial charge < -0.3 is 9.80 Å². The highest BCUT2D eigenvalue weighted by atomic mass is 35.5. The first kappa shape index (κ1) is 16.7. The maximum absolute atomic E-state index is 6.06. The van der Waals surface area contributed by atoms with Gasteiger partial charge in [0.25, 0.3) is 0 Å². The molecule has 0 atom stereocenters. The molecule has 2 aromatic heterocycles. The minimum Gasteiger partial charge on any atom is -0.354 e. The van der Waals surface area contributed by atoms with Crippen molar-refractivity contribution in [1.29, 1.82) is 0 Å². The molecule has 0 radical (unpaired) electrons. The Morgan fingerprint density at radius 1 is 0.875 bits per heavy atom. The van der Waals surface area contributed by atoms with Crippen molar-refractivity contribution in [3.63, 3.8) is 0 Å². The van der Waals surface area contributed by atoms with Crippen LogP contribution < -0.4 is 9.80 Å². The normalized spacial score (nSPS) is 10.9. The first-order chi connectivity index (χ1) is 11.4. The van der Waals surface area contributed by atoms with Crippen molar-refractivity contribution < 1.29 is 0 Å². The van der Waals surface area contributed by atoms with Crippen molar-refractivity contribution >= 4 is 46.0 Å². The molecule has 0 unspecified atom stereocenters. The van der Waals surface area contributed by atoms with Crippen LogP contribution in [0.25, 0.3) is 11.0 Å². The van der Waals surface area contributed by atoms with Gasteiger partial charge in [-0.1, -0.05) is 23.2 Å². The Hall–Kier alpha value is -2.18. The minimum absolute atomic E-state index is 0.464. The third-order valence-corrected chi connectivity index (χ3v) is 4.20. The maximum atomic E-state index is 6.06. The van der Waals surface area contributed by atoms with Gasteiger partial charge in [0, 0.05) is 45.6 Å². The molecule has 0 amide bonds.